The molecule has 1 aliphatic heterocycles. The average molecular weight is 549 g/mol. The number of benzene rings is 2. The summed E-state index contributed by atoms with van der Waals surface area (Å²) in [7, 11) is 0. The first kappa shape index (κ1) is 26.4. The largest absolute Gasteiger partial charge is 0.427 e. The third-order valence-electron chi connectivity index (χ3n) is 8.74. The number of hydrogen-bond donors (Lipinski definition) is 2. The molecule has 3 N–H and O–H groups in total. The number of carbonyl (C=O) groups excluding carboxylic acids is 4. The summed E-state index contributed by atoms with van der Waals surface area (Å²) in [5, 5.41) is 2.85. The molecular weight excluding hydrogens is 515 g/mol. The third kappa shape index (κ3) is 4.85. The minimum absolute atomic E-state index is 0.0888. The van der Waals surface area contributed by atoms with Gasteiger partial charge in [0.25, 0.3) is 5.91 Å². The Bertz CT molecular complexity index is 1370. The summed E-state index contributed by atoms with van der Waals surface area (Å²) in [6.07, 6.45) is 3.81. The number of amides is 4. The number of halogens is 1. The molecule has 1 saturated heterocycles. The number of aryl methyl sites for hydroxylation is 1. The topological polar surface area (TPSA) is 122 Å². The van der Waals surface area contributed by atoms with Crippen LogP contribution in [0.1, 0.15) is 55.7 Å². The van der Waals surface area contributed by atoms with Gasteiger partial charge in [-0.2, -0.15) is 0 Å². The highest BCUT2D eigenvalue weighted by molar-refractivity contribution is 6.06. The molecule has 1 spiro atoms. The van der Waals surface area contributed by atoms with Gasteiger partial charge in [0.05, 0.1) is 6.04 Å². The molecule has 2 aromatic rings. The van der Waals surface area contributed by atoms with Crippen LogP contribution in [-0.4, -0.2) is 52.2 Å². The number of rotatable bonds is 9. The fraction of sp³-hybridized carbons (Fsp3) is 0.467. The summed E-state index contributed by atoms with van der Waals surface area (Å²) in [4.78, 5) is 55.2. The van der Waals surface area contributed by atoms with Crippen LogP contribution >= 0.6 is 0 Å². The van der Waals surface area contributed by atoms with E-state index in [4.69, 9.17) is 10.5 Å². The molecule has 2 saturated carbocycles. The predicted molar refractivity (Wildman–Crippen MR) is 143 cm³/mol. The zero-order valence-electron chi connectivity index (χ0n) is 22.4. The Morgan fingerprint density at radius 3 is 2.50 bits per heavy atom. The first-order valence-electron chi connectivity index (χ1n) is 13.9. The van der Waals surface area contributed by atoms with Gasteiger partial charge in [-0.05, 0) is 86.3 Å². The van der Waals surface area contributed by atoms with Crippen molar-refractivity contribution in [1.29, 1.82) is 0 Å². The minimum atomic E-state index is -1.48. The van der Waals surface area contributed by atoms with E-state index in [1.165, 1.54) is 12.1 Å². The van der Waals surface area contributed by atoms with Crippen LogP contribution in [0.2, 0.25) is 0 Å². The lowest BCUT2D eigenvalue weighted by Gasteiger charge is -2.30. The molecule has 4 amide bonds. The molecule has 3 atom stereocenters. The van der Waals surface area contributed by atoms with Crippen molar-refractivity contribution in [2.24, 2.45) is 17.6 Å². The number of imide groups is 1. The van der Waals surface area contributed by atoms with Crippen molar-refractivity contribution < 1.29 is 28.3 Å². The van der Waals surface area contributed by atoms with Crippen LogP contribution in [0.4, 0.5) is 14.9 Å². The van der Waals surface area contributed by atoms with E-state index in [2.05, 4.69) is 5.32 Å². The minimum Gasteiger partial charge on any atom is -0.427 e. The quantitative estimate of drug-likeness (QED) is 0.495. The molecule has 10 heteroatoms. The molecule has 3 fully saturated rings. The summed E-state index contributed by atoms with van der Waals surface area (Å²) >= 11 is 0. The van der Waals surface area contributed by atoms with E-state index in [0.717, 1.165) is 41.7 Å². The number of carbonyl (C=O) groups is 4. The van der Waals surface area contributed by atoms with E-state index < -0.39 is 30.2 Å². The highest BCUT2D eigenvalue weighted by Gasteiger charge is 2.58. The van der Waals surface area contributed by atoms with Gasteiger partial charge >= 0.3 is 6.09 Å². The predicted octanol–water partition coefficient (Wildman–Crippen LogP) is 3.45. The van der Waals surface area contributed by atoms with Crippen LogP contribution < -0.4 is 11.1 Å². The van der Waals surface area contributed by atoms with Crippen LogP contribution in [0.3, 0.4) is 0 Å². The van der Waals surface area contributed by atoms with E-state index in [9.17, 15) is 23.6 Å². The molecule has 1 unspecified atom stereocenters. The van der Waals surface area contributed by atoms with Crippen molar-refractivity contribution in [1.82, 2.24) is 9.80 Å². The molecule has 0 bridgehead atoms. The number of hydrogen-bond acceptors (Lipinski definition) is 6. The molecule has 3 aliphatic carbocycles. The van der Waals surface area contributed by atoms with Gasteiger partial charge in [0.2, 0.25) is 17.4 Å². The summed E-state index contributed by atoms with van der Waals surface area (Å²) in [5.74, 6) is -0.949. The van der Waals surface area contributed by atoms with Gasteiger partial charge in [-0.25, -0.2) is 14.1 Å². The van der Waals surface area contributed by atoms with Crippen LogP contribution in [0.25, 0.3) is 0 Å². The highest BCUT2D eigenvalue weighted by atomic mass is 19.1. The maximum atomic E-state index is 13.7. The van der Waals surface area contributed by atoms with Gasteiger partial charge in [0.1, 0.15) is 12.4 Å². The summed E-state index contributed by atoms with van der Waals surface area (Å²) in [5.41, 5.74) is 7.23. The van der Waals surface area contributed by atoms with Gasteiger partial charge in [-0.15, -0.1) is 0 Å². The maximum absolute atomic E-state index is 13.7. The average Bonchev–Trinajstić information content (AvgIpc) is 3.87. The fourth-order valence-corrected chi connectivity index (χ4v) is 5.93. The molecule has 0 aromatic heterocycles. The van der Waals surface area contributed by atoms with Crippen molar-refractivity contribution in [3.8, 4) is 0 Å². The summed E-state index contributed by atoms with van der Waals surface area (Å²) in [6.45, 7) is 1.78. The van der Waals surface area contributed by atoms with Crippen LogP contribution in [-0.2, 0) is 37.7 Å². The van der Waals surface area contributed by atoms with E-state index in [1.807, 2.05) is 6.92 Å². The highest BCUT2D eigenvalue weighted by Crippen LogP contribution is 2.46. The normalized spacial score (nSPS) is 23.1. The second-order valence-corrected chi connectivity index (χ2v) is 11.5. The van der Waals surface area contributed by atoms with Gasteiger partial charge in [-0.3, -0.25) is 14.4 Å². The van der Waals surface area contributed by atoms with Gasteiger partial charge < -0.3 is 20.7 Å². The van der Waals surface area contributed by atoms with Crippen molar-refractivity contribution in [2.75, 3.05) is 11.9 Å². The molecule has 210 valence electrons. The van der Waals surface area contributed by atoms with E-state index in [1.54, 1.807) is 35.2 Å². The molecule has 9 nitrogen and oxygen atoms in total. The smallest absolute Gasteiger partial charge is 0.418 e. The Labute approximate surface area is 231 Å². The van der Waals surface area contributed by atoms with Crippen molar-refractivity contribution in [3.05, 3.63) is 65.0 Å². The molecule has 1 heterocycles. The van der Waals surface area contributed by atoms with Gasteiger partial charge in [0, 0.05) is 30.3 Å². The zero-order valence-corrected chi connectivity index (χ0v) is 22.4. The first-order chi connectivity index (χ1) is 19.2. The second-order valence-electron chi connectivity index (χ2n) is 11.5. The number of anilines is 1. The molecule has 4 aliphatic rings. The lowest BCUT2D eigenvalue weighted by Crippen LogP contribution is -2.47. The third-order valence-corrected chi connectivity index (χ3v) is 8.74. The number of fused-ring (bicyclic) bond motifs is 2. The zero-order chi connectivity index (χ0) is 28.2. The summed E-state index contributed by atoms with van der Waals surface area (Å²) in [6, 6.07) is 10.5. The van der Waals surface area contributed by atoms with Gasteiger partial charge in [-0.1, -0.05) is 18.2 Å². The Balaban J connectivity index is 1.18. The molecule has 0 radical (unpaired) electrons. The number of nitrogens with zero attached hydrogens (tertiary/aromatic N) is 2. The Morgan fingerprint density at radius 1 is 1.12 bits per heavy atom. The van der Waals surface area contributed by atoms with E-state index >= 15 is 0 Å². The van der Waals surface area contributed by atoms with E-state index in [0.29, 0.717) is 23.6 Å². The van der Waals surface area contributed by atoms with Crippen molar-refractivity contribution >= 4 is 29.5 Å². The molecule has 40 heavy (non-hydrogen) atoms. The van der Waals surface area contributed by atoms with Crippen LogP contribution in [0.15, 0.2) is 42.5 Å². The first-order valence-corrected chi connectivity index (χ1v) is 13.9. The fourth-order valence-electron chi connectivity index (χ4n) is 5.93. The standard InChI is InChI=1S/C30H33FN4O5/c1-17(19-4-5-19)34(15-18-2-8-22(31)9-3-18)25(36)16-35-28(38)30(40-29(35)39)13-12-21-14-23(10-11-24(21)30)33-27(37)26(32)20-6-7-20/h2-3,8-11,14,17,19-20,26H,4-7,12-13,15-16,32H2,1H3,(H,33,37)/t17-,26+,30?/m0/s1. The molecular formula is C30H33FN4O5. The van der Waals surface area contributed by atoms with Crippen molar-refractivity contribution in [2.45, 2.75) is 69.7 Å². The SMILES string of the molecule is C[C@@H](C1CC1)N(Cc1ccc(F)cc1)C(=O)CN1C(=O)OC2(CCc3cc(NC(=O)[C@H](N)C4CC4)ccc32)C1=O. The van der Waals surface area contributed by atoms with E-state index in [-0.39, 0.29) is 42.6 Å². The number of ether oxygens (including phenoxy) is 1. The lowest BCUT2D eigenvalue weighted by atomic mass is 9.94. The lowest BCUT2D eigenvalue weighted by molar-refractivity contribution is -0.143. The monoisotopic (exact) mass is 548 g/mol. The number of nitrogens with two attached hydrogens (primary N) is 1. The maximum Gasteiger partial charge on any atom is 0.418 e. The van der Waals surface area contributed by atoms with Gasteiger partial charge in [0.15, 0.2) is 0 Å². The van der Waals surface area contributed by atoms with Crippen LogP contribution in [0.5, 0.6) is 0 Å². The second kappa shape index (κ2) is 9.99. The van der Waals surface area contributed by atoms with Crippen molar-refractivity contribution in [3.63, 3.8) is 0 Å². The Kier molecular flexibility index (Phi) is 6.60. The summed E-state index contributed by atoms with van der Waals surface area (Å²) < 4.78 is 19.1. The molecule has 6 rings (SSSR count). The Hall–Kier alpha value is -3.79. The molecule has 2 aromatic carbocycles. The Morgan fingerprint density at radius 2 is 1.82 bits per heavy atom. The van der Waals surface area contributed by atoms with Crippen LogP contribution in [0, 0.1) is 17.7 Å². The number of nitrogens with one attached hydrogen (secondary N) is 1.